The van der Waals surface area contributed by atoms with E-state index in [1.165, 1.54) is 30.1 Å². The van der Waals surface area contributed by atoms with E-state index in [1.54, 1.807) is 0 Å². The molecule has 4 heteroatoms. The van der Waals surface area contributed by atoms with Crippen molar-refractivity contribution in [3.63, 3.8) is 0 Å². The topological polar surface area (TPSA) is 0 Å². The molecule has 0 unspecified atom stereocenters. The molecule has 0 saturated carbocycles. The molecule has 0 radical (unpaired) electrons. The zero-order chi connectivity index (χ0) is 7.23. The molecule has 1 heterocycles. The predicted octanol–water partition coefficient (Wildman–Crippen LogP) is 4.23. The summed E-state index contributed by atoms with van der Waals surface area (Å²) in [7, 11) is 0. The van der Waals surface area contributed by atoms with E-state index >= 15 is 0 Å². The SMILES string of the molecule is CCCSP1SCCCS1. The maximum atomic E-state index is 2.27. The molecule has 0 aromatic heterocycles. The van der Waals surface area contributed by atoms with Gasteiger partial charge in [-0.25, -0.2) is 0 Å². The fourth-order valence-electron chi connectivity index (χ4n) is 0.615. The predicted molar refractivity (Wildman–Crippen MR) is 59.2 cm³/mol. The van der Waals surface area contributed by atoms with Gasteiger partial charge in [-0.1, -0.05) is 6.92 Å². The Morgan fingerprint density at radius 3 is 2.70 bits per heavy atom. The average Bonchev–Trinajstić information content (AvgIpc) is 2.03. The summed E-state index contributed by atoms with van der Waals surface area (Å²) in [5, 5.41) is 0. The van der Waals surface area contributed by atoms with Crippen LogP contribution in [0.1, 0.15) is 19.8 Å². The molecular weight excluding hydrogens is 199 g/mol. The van der Waals surface area contributed by atoms with Crippen molar-refractivity contribution >= 4 is 39.7 Å². The van der Waals surface area contributed by atoms with Gasteiger partial charge in [0.25, 0.3) is 0 Å². The first-order chi connectivity index (χ1) is 4.93. The summed E-state index contributed by atoms with van der Waals surface area (Å²) in [5.41, 5.74) is 0.272. The van der Waals surface area contributed by atoms with E-state index in [4.69, 9.17) is 0 Å². The Labute approximate surface area is 76.7 Å². The maximum Gasteiger partial charge on any atom is 0.0729 e. The van der Waals surface area contributed by atoms with E-state index in [1.807, 2.05) is 0 Å². The third-order valence-electron chi connectivity index (χ3n) is 1.08. The van der Waals surface area contributed by atoms with E-state index in [0.29, 0.717) is 0 Å². The normalized spacial score (nSPS) is 21.3. The smallest absolute Gasteiger partial charge is 0.0729 e. The highest BCUT2D eigenvalue weighted by Gasteiger charge is 2.13. The van der Waals surface area contributed by atoms with Crippen molar-refractivity contribution < 1.29 is 0 Å². The third kappa shape index (κ3) is 3.75. The van der Waals surface area contributed by atoms with Crippen molar-refractivity contribution in [1.82, 2.24) is 0 Å². The van der Waals surface area contributed by atoms with Gasteiger partial charge in [-0.2, -0.15) is 0 Å². The lowest BCUT2D eigenvalue weighted by Crippen LogP contribution is -1.86. The summed E-state index contributed by atoms with van der Waals surface area (Å²) < 4.78 is 0. The highest BCUT2D eigenvalue weighted by atomic mass is 33.4. The molecule has 10 heavy (non-hydrogen) atoms. The van der Waals surface area contributed by atoms with Crippen LogP contribution in [0.3, 0.4) is 0 Å². The van der Waals surface area contributed by atoms with Crippen LogP contribution in [-0.2, 0) is 0 Å². The molecule has 0 amide bonds. The molecule has 0 spiro atoms. The number of rotatable bonds is 3. The van der Waals surface area contributed by atoms with Crippen LogP contribution >= 0.6 is 39.7 Å². The van der Waals surface area contributed by atoms with Gasteiger partial charge in [0.05, 0.1) is 5.53 Å². The van der Waals surface area contributed by atoms with Crippen LogP contribution in [0.25, 0.3) is 0 Å². The van der Waals surface area contributed by atoms with Crippen molar-refractivity contribution in [2.45, 2.75) is 19.8 Å². The van der Waals surface area contributed by atoms with Crippen molar-refractivity contribution in [3.8, 4) is 0 Å². The minimum absolute atomic E-state index is 0.272. The summed E-state index contributed by atoms with van der Waals surface area (Å²) in [4.78, 5) is 0. The van der Waals surface area contributed by atoms with E-state index < -0.39 is 0 Å². The van der Waals surface area contributed by atoms with Crippen LogP contribution in [0.4, 0.5) is 0 Å². The molecule has 0 aliphatic carbocycles. The summed E-state index contributed by atoms with van der Waals surface area (Å²) in [6, 6.07) is 0. The third-order valence-corrected chi connectivity index (χ3v) is 12.5. The fraction of sp³-hybridized carbons (Fsp3) is 1.00. The van der Waals surface area contributed by atoms with Gasteiger partial charge in [0.2, 0.25) is 0 Å². The Morgan fingerprint density at radius 2 is 2.10 bits per heavy atom. The van der Waals surface area contributed by atoms with Crippen LogP contribution in [0, 0.1) is 0 Å². The highest BCUT2D eigenvalue weighted by molar-refractivity contribution is 9.12. The van der Waals surface area contributed by atoms with Crippen LogP contribution in [-0.4, -0.2) is 17.3 Å². The first kappa shape index (κ1) is 9.57. The van der Waals surface area contributed by atoms with Crippen LogP contribution < -0.4 is 0 Å². The van der Waals surface area contributed by atoms with Crippen molar-refractivity contribution in [2.24, 2.45) is 0 Å². The van der Waals surface area contributed by atoms with Gasteiger partial charge in [0, 0.05) is 0 Å². The van der Waals surface area contributed by atoms with Gasteiger partial charge in [-0.05, 0) is 30.1 Å². The number of hydrogen-bond acceptors (Lipinski definition) is 3. The van der Waals surface area contributed by atoms with Crippen molar-refractivity contribution in [1.29, 1.82) is 0 Å². The first-order valence-corrected chi connectivity index (χ1v) is 9.73. The molecule has 1 fully saturated rings. The summed E-state index contributed by atoms with van der Waals surface area (Å²) in [6.07, 6.45) is 2.77. The van der Waals surface area contributed by atoms with Crippen LogP contribution in [0.15, 0.2) is 0 Å². The summed E-state index contributed by atoms with van der Waals surface area (Å²) in [6.45, 7) is 2.27. The van der Waals surface area contributed by atoms with Crippen molar-refractivity contribution in [2.75, 3.05) is 17.3 Å². The molecule has 1 rings (SSSR count). The van der Waals surface area contributed by atoms with Crippen LogP contribution in [0.2, 0.25) is 0 Å². The monoisotopic (exact) mass is 212 g/mol. The second kappa shape index (κ2) is 6.05. The Morgan fingerprint density at radius 1 is 1.40 bits per heavy atom. The molecule has 1 saturated heterocycles. The zero-order valence-electron chi connectivity index (χ0n) is 6.21. The highest BCUT2D eigenvalue weighted by Crippen LogP contribution is 2.72. The van der Waals surface area contributed by atoms with Crippen LogP contribution in [0.5, 0.6) is 0 Å². The van der Waals surface area contributed by atoms with E-state index in [-0.39, 0.29) is 5.53 Å². The first-order valence-electron chi connectivity index (χ1n) is 3.62. The molecular formula is C6H13PS3. The minimum Gasteiger partial charge on any atom is -0.112 e. The Balaban J connectivity index is 2.02. The minimum atomic E-state index is 0.272. The summed E-state index contributed by atoms with van der Waals surface area (Å²) >= 11 is 6.58. The molecule has 0 N–H and O–H groups in total. The molecule has 1 aliphatic rings. The molecule has 0 nitrogen and oxygen atoms in total. The Bertz CT molecular complexity index is 83.1. The second-order valence-corrected chi connectivity index (χ2v) is 12.2. The van der Waals surface area contributed by atoms with Gasteiger partial charge in [-0.3, -0.25) is 0 Å². The standard InChI is InChI=1S/C6H13PS3/c1-2-4-8-7-9-5-3-6-10-7/h2-6H2,1H3. The van der Waals surface area contributed by atoms with Crippen molar-refractivity contribution in [3.05, 3.63) is 0 Å². The zero-order valence-corrected chi connectivity index (χ0v) is 9.55. The quantitative estimate of drug-likeness (QED) is 0.643. The van der Waals surface area contributed by atoms with E-state index in [0.717, 1.165) is 0 Å². The fourth-order valence-corrected chi connectivity index (χ4v) is 11.6. The maximum absolute atomic E-state index is 2.27. The lowest BCUT2D eigenvalue weighted by molar-refractivity contribution is 1.11. The van der Waals surface area contributed by atoms with Gasteiger partial charge in [0.15, 0.2) is 0 Å². The molecule has 0 atom stereocenters. The average molecular weight is 212 g/mol. The molecule has 1 aliphatic heterocycles. The molecule has 60 valence electrons. The van der Waals surface area contributed by atoms with Gasteiger partial charge in [0.1, 0.15) is 0 Å². The van der Waals surface area contributed by atoms with Gasteiger partial charge >= 0.3 is 0 Å². The van der Waals surface area contributed by atoms with Gasteiger partial charge in [-0.15, -0.1) is 34.1 Å². The van der Waals surface area contributed by atoms with E-state index in [2.05, 4.69) is 41.1 Å². The van der Waals surface area contributed by atoms with Gasteiger partial charge < -0.3 is 0 Å². The lowest BCUT2D eigenvalue weighted by atomic mass is 10.6. The largest absolute Gasteiger partial charge is 0.112 e. The molecule has 0 aromatic carbocycles. The molecule has 0 aromatic rings. The second-order valence-electron chi connectivity index (χ2n) is 2.08. The Kier molecular flexibility index (Phi) is 5.79. The number of hydrogen-bond donors (Lipinski definition) is 0. The Hall–Kier alpha value is 1.48. The van der Waals surface area contributed by atoms with E-state index in [9.17, 15) is 0 Å². The summed E-state index contributed by atoms with van der Waals surface area (Å²) in [5.74, 6) is 4.19. The lowest BCUT2D eigenvalue weighted by Gasteiger charge is -2.18. The molecule has 0 bridgehead atoms.